The number of alkyl halides is 3. The highest BCUT2D eigenvalue weighted by Gasteiger charge is 2.33. The fourth-order valence-electron chi connectivity index (χ4n) is 3.82. The molecule has 0 spiro atoms. The summed E-state index contributed by atoms with van der Waals surface area (Å²) in [6.45, 7) is 3.97. The third kappa shape index (κ3) is 5.93. The number of rotatable bonds is 7. The van der Waals surface area contributed by atoms with E-state index in [0.29, 0.717) is 11.3 Å². The van der Waals surface area contributed by atoms with Crippen LogP contribution in [0.1, 0.15) is 39.4 Å². The van der Waals surface area contributed by atoms with Crippen molar-refractivity contribution in [3.63, 3.8) is 0 Å². The summed E-state index contributed by atoms with van der Waals surface area (Å²) in [5.74, 6) is -1.82. The Hall–Kier alpha value is -3.40. The summed E-state index contributed by atoms with van der Waals surface area (Å²) in [4.78, 5) is 15.5. The number of sulfonamides is 1. The van der Waals surface area contributed by atoms with Crippen molar-refractivity contribution in [2.24, 2.45) is 5.73 Å². The molecule has 1 amide bonds. The molecule has 1 unspecified atom stereocenters. The second-order valence-corrected chi connectivity index (χ2v) is 10.1. The van der Waals surface area contributed by atoms with E-state index < -0.39 is 33.7 Å². The predicted molar refractivity (Wildman–Crippen MR) is 124 cm³/mol. The zero-order chi connectivity index (χ0) is 25.3. The molecule has 0 aliphatic heterocycles. The number of nitrogens with two attached hydrogens (primary N) is 1. The first-order chi connectivity index (χ1) is 15.8. The van der Waals surface area contributed by atoms with Crippen molar-refractivity contribution in [1.29, 1.82) is 0 Å². The molecule has 34 heavy (non-hydrogen) atoms. The number of benzene rings is 2. The van der Waals surface area contributed by atoms with E-state index in [1.54, 1.807) is 0 Å². The Morgan fingerprint density at radius 3 is 2.00 bits per heavy atom. The Bertz CT molecular complexity index is 1270. The van der Waals surface area contributed by atoms with Crippen molar-refractivity contribution in [1.82, 2.24) is 4.98 Å². The molecule has 0 aliphatic rings. The van der Waals surface area contributed by atoms with Crippen LogP contribution in [0.25, 0.3) is 0 Å². The maximum absolute atomic E-state index is 12.8. The van der Waals surface area contributed by atoms with E-state index in [9.17, 15) is 26.4 Å². The summed E-state index contributed by atoms with van der Waals surface area (Å²) in [6.07, 6.45) is -2.54. The molecule has 3 aromatic rings. The summed E-state index contributed by atoms with van der Waals surface area (Å²) in [5.41, 5.74) is 8.25. The summed E-state index contributed by atoms with van der Waals surface area (Å²) in [6, 6.07) is 13.9. The van der Waals surface area contributed by atoms with E-state index in [2.05, 4.69) is 4.98 Å². The van der Waals surface area contributed by atoms with Crippen molar-refractivity contribution in [2.45, 2.75) is 32.5 Å². The van der Waals surface area contributed by atoms with Crippen molar-refractivity contribution >= 4 is 21.6 Å². The summed E-state index contributed by atoms with van der Waals surface area (Å²) in [5, 5.41) is 0. The fraction of sp³-hybridized carbons (Fsp3) is 0.250. The maximum Gasteiger partial charge on any atom is 0.433 e. The molecule has 1 atom stereocenters. The van der Waals surface area contributed by atoms with Crippen molar-refractivity contribution in [2.75, 3.05) is 10.6 Å². The Morgan fingerprint density at radius 2 is 1.56 bits per heavy atom. The molecule has 0 bridgehead atoms. The highest BCUT2D eigenvalue weighted by Crippen LogP contribution is 2.31. The minimum Gasteiger partial charge on any atom is -0.369 e. The smallest absolute Gasteiger partial charge is 0.369 e. The van der Waals surface area contributed by atoms with Crippen LogP contribution in [0.3, 0.4) is 0 Å². The van der Waals surface area contributed by atoms with E-state index >= 15 is 0 Å². The zero-order valence-electron chi connectivity index (χ0n) is 18.8. The minimum absolute atomic E-state index is 0.114. The van der Waals surface area contributed by atoms with Gasteiger partial charge < -0.3 is 5.73 Å². The van der Waals surface area contributed by atoms with Crippen LogP contribution in [0, 0.1) is 13.8 Å². The van der Waals surface area contributed by atoms with E-state index in [4.69, 9.17) is 5.73 Å². The fourth-order valence-corrected chi connectivity index (χ4v) is 4.71. The number of primary amides is 1. The Balaban J connectivity index is 1.94. The van der Waals surface area contributed by atoms with Gasteiger partial charge in [0.25, 0.3) is 0 Å². The van der Waals surface area contributed by atoms with Crippen LogP contribution in [0.4, 0.5) is 18.9 Å². The highest BCUT2D eigenvalue weighted by molar-refractivity contribution is 7.92. The standard InChI is InChI=1S/C24H24F3N3O3S/c1-15-10-16(2)12-17(11-15)14-30(34(3,32)33)20-7-4-18(5-8-20)22(23(28)31)19-6-9-21(29-13-19)24(25,26)27/h4-13,22H,14H2,1-3H3,(H2,28,31). The molecule has 0 saturated heterocycles. The summed E-state index contributed by atoms with van der Waals surface area (Å²) in [7, 11) is -3.64. The number of hydrogen-bond acceptors (Lipinski definition) is 4. The zero-order valence-corrected chi connectivity index (χ0v) is 19.6. The van der Waals surface area contributed by atoms with E-state index in [1.165, 1.54) is 28.6 Å². The van der Waals surface area contributed by atoms with Crippen LogP contribution >= 0.6 is 0 Å². The number of aromatic nitrogens is 1. The molecular formula is C24H24F3N3O3S. The Kier molecular flexibility index (Phi) is 7.02. The SMILES string of the molecule is Cc1cc(C)cc(CN(c2ccc(C(C(N)=O)c3ccc(C(F)(F)F)nc3)cc2)S(C)(=O)=O)c1. The molecule has 0 saturated carbocycles. The lowest BCUT2D eigenvalue weighted by Crippen LogP contribution is -2.29. The van der Waals surface area contributed by atoms with Gasteiger partial charge in [0.2, 0.25) is 15.9 Å². The van der Waals surface area contributed by atoms with Gasteiger partial charge in [0, 0.05) is 6.20 Å². The Labute approximate surface area is 196 Å². The maximum atomic E-state index is 12.8. The first-order valence-corrected chi connectivity index (χ1v) is 12.1. The monoisotopic (exact) mass is 491 g/mol. The number of aryl methyl sites for hydroxylation is 2. The van der Waals surface area contributed by atoms with Crippen molar-refractivity contribution in [3.8, 4) is 0 Å². The topological polar surface area (TPSA) is 93.4 Å². The normalized spacial score (nSPS) is 12.9. The highest BCUT2D eigenvalue weighted by atomic mass is 32.2. The van der Waals surface area contributed by atoms with Gasteiger partial charge in [0.05, 0.1) is 24.4 Å². The molecule has 6 nitrogen and oxygen atoms in total. The molecule has 180 valence electrons. The first kappa shape index (κ1) is 25.2. The van der Waals surface area contributed by atoms with Crippen LogP contribution in [-0.2, 0) is 27.5 Å². The second-order valence-electron chi connectivity index (χ2n) is 8.17. The number of halogens is 3. The van der Waals surface area contributed by atoms with Crippen LogP contribution < -0.4 is 10.0 Å². The van der Waals surface area contributed by atoms with Gasteiger partial charge in [-0.25, -0.2) is 8.42 Å². The first-order valence-electron chi connectivity index (χ1n) is 10.2. The van der Waals surface area contributed by atoms with Crippen molar-refractivity contribution in [3.05, 3.63) is 94.3 Å². The van der Waals surface area contributed by atoms with Gasteiger partial charge >= 0.3 is 6.18 Å². The van der Waals surface area contributed by atoms with Gasteiger partial charge in [0.15, 0.2) is 0 Å². The number of anilines is 1. The van der Waals surface area contributed by atoms with Crippen LogP contribution in [0.15, 0.2) is 60.8 Å². The molecule has 1 aromatic heterocycles. The van der Waals surface area contributed by atoms with Crippen molar-refractivity contribution < 1.29 is 26.4 Å². The lowest BCUT2D eigenvalue weighted by Gasteiger charge is -2.24. The molecule has 10 heteroatoms. The number of nitrogens with zero attached hydrogens (tertiary/aromatic N) is 2. The van der Waals surface area contributed by atoms with Gasteiger partial charge in [-0.15, -0.1) is 0 Å². The number of amides is 1. The number of hydrogen-bond donors (Lipinski definition) is 1. The van der Waals surface area contributed by atoms with E-state index in [1.807, 2.05) is 32.0 Å². The molecule has 0 radical (unpaired) electrons. The minimum atomic E-state index is -4.60. The van der Waals surface area contributed by atoms with Gasteiger partial charge in [0.1, 0.15) is 5.69 Å². The van der Waals surface area contributed by atoms with Crippen LogP contribution in [0.5, 0.6) is 0 Å². The predicted octanol–water partition coefficient (Wildman–Crippen LogP) is 4.30. The largest absolute Gasteiger partial charge is 0.433 e. The number of carbonyl (C=O) groups is 1. The number of carbonyl (C=O) groups excluding carboxylic acids is 1. The molecule has 1 heterocycles. The quantitative estimate of drug-likeness (QED) is 0.533. The van der Waals surface area contributed by atoms with Crippen LogP contribution in [-0.4, -0.2) is 25.6 Å². The van der Waals surface area contributed by atoms with E-state index in [-0.39, 0.29) is 12.1 Å². The Morgan fingerprint density at radius 1 is 1.00 bits per heavy atom. The third-order valence-electron chi connectivity index (χ3n) is 5.22. The molecule has 0 aliphatic carbocycles. The molecule has 2 N–H and O–H groups in total. The third-order valence-corrected chi connectivity index (χ3v) is 6.36. The molecule has 0 fully saturated rings. The molecular weight excluding hydrogens is 467 g/mol. The summed E-state index contributed by atoms with van der Waals surface area (Å²) < 4.78 is 64.7. The molecule has 2 aromatic carbocycles. The number of pyridine rings is 1. The van der Waals surface area contributed by atoms with Gasteiger partial charge in [-0.05, 0) is 48.7 Å². The van der Waals surface area contributed by atoms with Crippen LogP contribution in [0.2, 0.25) is 0 Å². The van der Waals surface area contributed by atoms with Gasteiger partial charge in [-0.3, -0.25) is 14.1 Å². The summed E-state index contributed by atoms with van der Waals surface area (Å²) >= 11 is 0. The lowest BCUT2D eigenvalue weighted by molar-refractivity contribution is -0.141. The van der Waals surface area contributed by atoms with Gasteiger partial charge in [-0.2, -0.15) is 13.2 Å². The average molecular weight is 492 g/mol. The average Bonchev–Trinajstić information content (AvgIpc) is 2.71. The van der Waals surface area contributed by atoms with Gasteiger partial charge in [-0.1, -0.05) is 47.5 Å². The lowest BCUT2D eigenvalue weighted by atomic mass is 9.91. The molecule has 3 rings (SSSR count). The van der Waals surface area contributed by atoms with E-state index in [0.717, 1.165) is 41.3 Å². The second kappa shape index (κ2) is 9.46.